The number of rotatable bonds is 5. The van der Waals surface area contributed by atoms with Gasteiger partial charge in [0.15, 0.2) is 5.69 Å². The fourth-order valence-electron chi connectivity index (χ4n) is 2.42. The molecule has 1 amide bonds. The Balaban J connectivity index is 1.68. The van der Waals surface area contributed by atoms with Crippen LogP contribution in [-0.2, 0) is 11.3 Å². The van der Waals surface area contributed by atoms with Gasteiger partial charge in [-0.2, -0.15) is 5.10 Å². The molecule has 26 heavy (non-hydrogen) atoms. The number of nitrogens with zero attached hydrogens (tertiary/aromatic N) is 2. The lowest BCUT2D eigenvalue weighted by Gasteiger charge is -2.03. The summed E-state index contributed by atoms with van der Waals surface area (Å²) < 4.78 is 11.7. The summed E-state index contributed by atoms with van der Waals surface area (Å²) in [5.74, 6) is 0.0256. The number of aromatic nitrogens is 2. The number of carbonyl (C=O) groups excluding carboxylic acids is 2. The number of hydrogen-bond acceptors (Lipinski definition) is 5. The number of aryl methyl sites for hydroxylation is 1. The first-order valence-electron chi connectivity index (χ1n) is 7.76. The van der Waals surface area contributed by atoms with Crippen LogP contribution in [0.3, 0.4) is 0 Å². The molecule has 3 aromatic rings. The van der Waals surface area contributed by atoms with Crippen molar-refractivity contribution in [1.29, 1.82) is 0 Å². The van der Waals surface area contributed by atoms with Gasteiger partial charge in [-0.1, -0.05) is 23.7 Å². The molecule has 0 aliphatic rings. The Morgan fingerprint density at radius 3 is 2.81 bits per heavy atom. The Hall–Kier alpha value is -3.06. The fraction of sp³-hybridized carbons (Fsp3) is 0.167. The van der Waals surface area contributed by atoms with Crippen molar-refractivity contribution >= 4 is 23.5 Å². The molecular formula is C18H16ClN3O4. The summed E-state index contributed by atoms with van der Waals surface area (Å²) in [5, 5.41) is 7.46. The fourth-order valence-corrected chi connectivity index (χ4v) is 2.64. The maximum absolute atomic E-state index is 12.3. The molecule has 0 aliphatic carbocycles. The van der Waals surface area contributed by atoms with Crippen molar-refractivity contribution in [3.05, 3.63) is 70.4 Å². The molecule has 0 saturated carbocycles. The van der Waals surface area contributed by atoms with E-state index < -0.39 is 5.97 Å². The Morgan fingerprint density at radius 2 is 2.08 bits per heavy atom. The normalized spacial score (nSPS) is 10.6. The van der Waals surface area contributed by atoms with Crippen LogP contribution in [0.1, 0.15) is 32.4 Å². The Kier molecular flexibility index (Phi) is 5.09. The van der Waals surface area contributed by atoms with Gasteiger partial charge in [0.1, 0.15) is 17.1 Å². The quantitative estimate of drug-likeness (QED) is 0.694. The highest BCUT2D eigenvalue weighted by Gasteiger charge is 2.17. The molecule has 1 N–H and O–H groups in total. The van der Waals surface area contributed by atoms with Gasteiger partial charge >= 0.3 is 5.97 Å². The molecule has 0 spiro atoms. The van der Waals surface area contributed by atoms with Gasteiger partial charge < -0.3 is 14.5 Å². The maximum Gasteiger partial charge on any atom is 0.341 e. The molecule has 134 valence electrons. The van der Waals surface area contributed by atoms with E-state index in [4.69, 9.17) is 16.0 Å². The van der Waals surface area contributed by atoms with E-state index in [-0.39, 0.29) is 18.1 Å². The molecule has 2 aromatic heterocycles. The average Bonchev–Trinajstić information content (AvgIpc) is 3.26. The molecule has 1 aromatic carbocycles. The molecule has 3 rings (SSSR count). The van der Waals surface area contributed by atoms with E-state index in [0.29, 0.717) is 27.8 Å². The zero-order valence-corrected chi connectivity index (χ0v) is 14.9. The number of methoxy groups -OCH3 is 1. The highest BCUT2D eigenvalue weighted by Crippen LogP contribution is 2.19. The summed E-state index contributed by atoms with van der Waals surface area (Å²) in [5.41, 5.74) is 1.25. The minimum atomic E-state index is -0.484. The SMILES string of the molecule is COC(=O)c1cc(CNC(=O)c2ccn(-c3ccccc3Cl)n2)oc1C. The van der Waals surface area contributed by atoms with Crippen LogP contribution >= 0.6 is 11.6 Å². The molecular weight excluding hydrogens is 358 g/mol. The maximum atomic E-state index is 12.3. The standard InChI is InChI=1S/C18H16ClN3O4/c1-11-13(18(24)25-2)9-12(26-11)10-20-17(23)15-7-8-22(21-15)16-6-4-3-5-14(16)19/h3-9H,10H2,1-2H3,(H,20,23). The van der Waals surface area contributed by atoms with Crippen LogP contribution < -0.4 is 5.32 Å². The number of ether oxygens (including phenoxy) is 1. The number of nitrogens with one attached hydrogen (secondary N) is 1. The molecule has 0 atom stereocenters. The van der Waals surface area contributed by atoms with E-state index >= 15 is 0 Å². The van der Waals surface area contributed by atoms with Gasteiger partial charge in [0.05, 0.1) is 24.4 Å². The van der Waals surface area contributed by atoms with E-state index in [1.54, 1.807) is 37.4 Å². The van der Waals surface area contributed by atoms with E-state index in [2.05, 4.69) is 15.2 Å². The van der Waals surface area contributed by atoms with E-state index in [0.717, 1.165) is 0 Å². The molecule has 0 fully saturated rings. The van der Waals surface area contributed by atoms with Crippen molar-refractivity contribution in [3.8, 4) is 5.69 Å². The highest BCUT2D eigenvalue weighted by atomic mass is 35.5. The van der Waals surface area contributed by atoms with Gasteiger partial charge in [0.2, 0.25) is 0 Å². The van der Waals surface area contributed by atoms with Crippen LogP contribution in [0.4, 0.5) is 0 Å². The highest BCUT2D eigenvalue weighted by molar-refractivity contribution is 6.32. The van der Waals surface area contributed by atoms with Crippen LogP contribution in [0.25, 0.3) is 5.69 Å². The van der Waals surface area contributed by atoms with Crippen molar-refractivity contribution in [3.63, 3.8) is 0 Å². The summed E-state index contributed by atoms with van der Waals surface area (Å²) in [6.45, 7) is 1.78. The molecule has 8 heteroatoms. The number of amides is 1. The van der Waals surface area contributed by atoms with Crippen molar-refractivity contribution in [2.75, 3.05) is 7.11 Å². The number of benzene rings is 1. The predicted octanol–water partition coefficient (Wildman–Crippen LogP) is 3.14. The van der Waals surface area contributed by atoms with E-state index in [1.807, 2.05) is 12.1 Å². The zero-order valence-electron chi connectivity index (χ0n) is 14.2. The number of furan rings is 1. The summed E-state index contributed by atoms with van der Waals surface area (Å²) in [6.07, 6.45) is 1.66. The third-order valence-corrected chi connectivity index (χ3v) is 4.04. The van der Waals surface area contributed by atoms with E-state index in [9.17, 15) is 9.59 Å². The smallest absolute Gasteiger partial charge is 0.341 e. The zero-order chi connectivity index (χ0) is 18.7. The van der Waals surface area contributed by atoms with Crippen LogP contribution in [0, 0.1) is 6.92 Å². The molecule has 7 nitrogen and oxygen atoms in total. The lowest BCUT2D eigenvalue weighted by atomic mass is 10.2. The first kappa shape index (κ1) is 17.8. The molecule has 0 saturated heterocycles. The lowest BCUT2D eigenvalue weighted by molar-refractivity contribution is 0.0598. The second-order valence-electron chi connectivity index (χ2n) is 5.45. The number of carbonyl (C=O) groups is 2. The monoisotopic (exact) mass is 373 g/mol. The molecule has 2 heterocycles. The predicted molar refractivity (Wildman–Crippen MR) is 94.5 cm³/mol. The van der Waals surface area contributed by atoms with Crippen molar-refractivity contribution in [1.82, 2.24) is 15.1 Å². The van der Waals surface area contributed by atoms with Crippen LogP contribution in [0.15, 0.2) is 47.0 Å². The Morgan fingerprint density at radius 1 is 1.31 bits per heavy atom. The second-order valence-corrected chi connectivity index (χ2v) is 5.86. The van der Waals surface area contributed by atoms with Crippen LogP contribution in [0.2, 0.25) is 5.02 Å². The molecule has 0 radical (unpaired) electrons. The van der Waals surface area contributed by atoms with Gasteiger partial charge in [0.25, 0.3) is 5.91 Å². The summed E-state index contributed by atoms with van der Waals surface area (Å²) >= 11 is 6.13. The Labute approximate surface area is 154 Å². The van der Waals surface area contributed by atoms with Gasteiger partial charge in [-0.25, -0.2) is 9.48 Å². The first-order chi connectivity index (χ1) is 12.5. The van der Waals surface area contributed by atoms with Crippen molar-refractivity contribution < 1.29 is 18.7 Å². The third-order valence-electron chi connectivity index (χ3n) is 3.72. The third kappa shape index (κ3) is 3.62. The Bertz CT molecular complexity index is 961. The molecule has 0 unspecified atom stereocenters. The minimum absolute atomic E-state index is 0.121. The number of hydrogen-bond donors (Lipinski definition) is 1. The van der Waals surface area contributed by atoms with Crippen LogP contribution in [0.5, 0.6) is 0 Å². The lowest BCUT2D eigenvalue weighted by Crippen LogP contribution is -2.23. The van der Waals surface area contributed by atoms with E-state index in [1.165, 1.54) is 11.8 Å². The van der Waals surface area contributed by atoms with Gasteiger partial charge in [-0.05, 0) is 31.2 Å². The second kappa shape index (κ2) is 7.45. The average molecular weight is 374 g/mol. The molecule has 0 aliphatic heterocycles. The topological polar surface area (TPSA) is 86.4 Å². The van der Waals surface area contributed by atoms with Crippen molar-refractivity contribution in [2.24, 2.45) is 0 Å². The summed E-state index contributed by atoms with van der Waals surface area (Å²) in [6, 6.07) is 10.3. The number of para-hydroxylation sites is 1. The van der Waals surface area contributed by atoms with Gasteiger partial charge in [-0.15, -0.1) is 0 Å². The summed E-state index contributed by atoms with van der Waals surface area (Å²) in [7, 11) is 1.30. The first-order valence-corrected chi connectivity index (χ1v) is 8.14. The number of esters is 1. The number of halogens is 1. The van der Waals surface area contributed by atoms with Gasteiger partial charge in [0, 0.05) is 6.20 Å². The summed E-state index contributed by atoms with van der Waals surface area (Å²) in [4.78, 5) is 23.9. The van der Waals surface area contributed by atoms with Gasteiger partial charge in [-0.3, -0.25) is 4.79 Å². The molecule has 0 bridgehead atoms. The van der Waals surface area contributed by atoms with Crippen molar-refractivity contribution in [2.45, 2.75) is 13.5 Å². The largest absolute Gasteiger partial charge is 0.465 e. The minimum Gasteiger partial charge on any atom is -0.465 e. The van der Waals surface area contributed by atoms with Crippen LogP contribution in [-0.4, -0.2) is 28.8 Å².